The van der Waals surface area contributed by atoms with E-state index in [-0.39, 0.29) is 5.82 Å². The molecule has 0 saturated carbocycles. The fourth-order valence-electron chi connectivity index (χ4n) is 5.12. The maximum atomic E-state index is 13.6. The van der Waals surface area contributed by atoms with Gasteiger partial charge in [0.25, 0.3) is 0 Å². The zero-order chi connectivity index (χ0) is 21.7. The van der Waals surface area contributed by atoms with E-state index in [0.717, 1.165) is 59.2 Å². The first kappa shape index (κ1) is 19.4. The largest absolute Gasteiger partial charge is 0.353 e. The van der Waals surface area contributed by atoms with E-state index in [1.165, 1.54) is 25.0 Å². The highest BCUT2D eigenvalue weighted by Gasteiger charge is 2.35. The molecule has 6 rings (SSSR count). The van der Waals surface area contributed by atoms with Crippen LogP contribution in [0, 0.1) is 18.7 Å². The Morgan fingerprint density at radius 3 is 2.62 bits per heavy atom. The summed E-state index contributed by atoms with van der Waals surface area (Å²) in [6, 6.07) is 13.1. The van der Waals surface area contributed by atoms with Crippen LogP contribution in [0.4, 0.5) is 10.2 Å². The van der Waals surface area contributed by atoms with Crippen molar-refractivity contribution in [3.63, 3.8) is 0 Å². The van der Waals surface area contributed by atoms with Crippen molar-refractivity contribution in [2.75, 3.05) is 24.5 Å². The molecule has 0 aliphatic carbocycles. The van der Waals surface area contributed by atoms with Crippen molar-refractivity contribution in [2.24, 2.45) is 5.92 Å². The number of imidazole rings is 1. The van der Waals surface area contributed by atoms with Gasteiger partial charge in [0.05, 0.1) is 5.69 Å². The molecule has 1 N–H and O–H groups in total. The van der Waals surface area contributed by atoms with Gasteiger partial charge >= 0.3 is 0 Å². The van der Waals surface area contributed by atoms with Crippen LogP contribution in [0.3, 0.4) is 0 Å². The first-order chi connectivity index (χ1) is 15.7. The van der Waals surface area contributed by atoms with Gasteiger partial charge in [-0.25, -0.2) is 13.9 Å². The molecule has 2 aliphatic heterocycles. The van der Waals surface area contributed by atoms with Crippen LogP contribution < -0.4 is 10.2 Å². The van der Waals surface area contributed by atoms with Gasteiger partial charge in [0.1, 0.15) is 17.3 Å². The normalized spacial score (nSPS) is 20.6. The minimum absolute atomic E-state index is 0.260. The van der Waals surface area contributed by atoms with Gasteiger partial charge in [-0.1, -0.05) is 0 Å². The standard InChI is InChI=1S/C25H25FN6/c1-16-13-22(31-14-19-3-2-10-28-21(19)15-31)30-32-24(18-8-11-27-12-9-18)23(29-25(16)32)17-4-6-20(26)7-5-17/h4-9,11-13,19,21,28H,2-3,10,14-15H2,1H3/t19-,21+/m0/s1. The fraction of sp³-hybridized carbons (Fsp3) is 0.320. The molecule has 0 amide bonds. The van der Waals surface area contributed by atoms with Crippen LogP contribution in [-0.4, -0.2) is 45.3 Å². The van der Waals surface area contributed by atoms with Crippen molar-refractivity contribution in [1.82, 2.24) is 24.9 Å². The minimum Gasteiger partial charge on any atom is -0.353 e. The smallest absolute Gasteiger partial charge is 0.158 e. The number of hydrogen-bond acceptors (Lipinski definition) is 5. The Balaban J connectivity index is 1.52. The van der Waals surface area contributed by atoms with Crippen LogP contribution in [0.2, 0.25) is 0 Å². The van der Waals surface area contributed by atoms with E-state index in [9.17, 15) is 4.39 Å². The van der Waals surface area contributed by atoms with Crippen molar-refractivity contribution >= 4 is 11.5 Å². The van der Waals surface area contributed by atoms with Crippen molar-refractivity contribution in [1.29, 1.82) is 0 Å². The molecule has 2 aliphatic rings. The third-order valence-corrected chi connectivity index (χ3v) is 6.75. The van der Waals surface area contributed by atoms with Gasteiger partial charge in [0.15, 0.2) is 5.65 Å². The second kappa shape index (κ2) is 7.67. The highest BCUT2D eigenvalue weighted by Crippen LogP contribution is 2.35. The molecular weight excluding hydrogens is 403 g/mol. The summed E-state index contributed by atoms with van der Waals surface area (Å²) >= 11 is 0. The lowest BCUT2D eigenvalue weighted by molar-refractivity contribution is 0.340. The number of benzene rings is 1. The van der Waals surface area contributed by atoms with Gasteiger partial charge < -0.3 is 10.2 Å². The third-order valence-electron chi connectivity index (χ3n) is 6.75. The molecule has 2 saturated heterocycles. The van der Waals surface area contributed by atoms with Gasteiger partial charge in [0, 0.05) is 42.7 Å². The molecule has 4 aromatic rings. The molecule has 2 fully saturated rings. The molecule has 1 aromatic carbocycles. The van der Waals surface area contributed by atoms with Gasteiger partial charge in [-0.05, 0) is 80.3 Å². The average Bonchev–Trinajstić information content (AvgIpc) is 3.42. The molecule has 32 heavy (non-hydrogen) atoms. The summed E-state index contributed by atoms with van der Waals surface area (Å²) in [6.45, 7) is 5.20. The predicted molar refractivity (Wildman–Crippen MR) is 123 cm³/mol. The number of piperidine rings is 1. The molecule has 0 bridgehead atoms. The summed E-state index contributed by atoms with van der Waals surface area (Å²) in [6.07, 6.45) is 6.07. The molecular formula is C25H25FN6. The third kappa shape index (κ3) is 3.24. The molecule has 0 unspecified atom stereocenters. The highest BCUT2D eigenvalue weighted by atomic mass is 19.1. The fourth-order valence-corrected chi connectivity index (χ4v) is 5.12. The number of anilines is 1. The summed E-state index contributed by atoms with van der Waals surface area (Å²) in [5.41, 5.74) is 5.42. The Morgan fingerprint density at radius 1 is 1.03 bits per heavy atom. The van der Waals surface area contributed by atoms with Crippen molar-refractivity contribution < 1.29 is 4.39 Å². The summed E-state index contributed by atoms with van der Waals surface area (Å²) in [5, 5.41) is 8.75. The first-order valence-corrected chi connectivity index (χ1v) is 11.2. The number of fused-ring (bicyclic) bond motifs is 2. The first-order valence-electron chi connectivity index (χ1n) is 11.2. The molecule has 0 spiro atoms. The number of nitrogens with one attached hydrogen (secondary N) is 1. The van der Waals surface area contributed by atoms with Crippen LogP contribution in [0.5, 0.6) is 0 Å². The monoisotopic (exact) mass is 428 g/mol. The zero-order valence-corrected chi connectivity index (χ0v) is 18.0. The van der Waals surface area contributed by atoms with E-state index in [1.807, 2.05) is 16.6 Å². The number of rotatable bonds is 3. The number of halogens is 1. The van der Waals surface area contributed by atoms with E-state index >= 15 is 0 Å². The number of aromatic nitrogens is 4. The van der Waals surface area contributed by atoms with Crippen LogP contribution in [0.15, 0.2) is 54.9 Å². The average molecular weight is 429 g/mol. The minimum atomic E-state index is -0.260. The lowest BCUT2D eigenvalue weighted by Gasteiger charge is -2.24. The van der Waals surface area contributed by atoms with Crippen LogP contribution in [0.25, 0.3) is 28.2 Å². The number of nitrogens with zero attached hydrogens (tertiary/aromatic N) is 5. The second-order valence-corrected chi connectivity index (χ2v) is 8.84. The number of aryl methyl sites for hydroxylation is 1. The lowest BCUT2D eigenvalue weighted by Crippen LogP contribution is -2.40. The van der Waals surface area contributed by atoms with Gasteiger partial charge in [0.2, 0.25) is 0 Å². The van der Waals surface area contributed by atoms with Crippen LogP contribution in [-0.2, 0) is 0 Å². The molecule has 7 heteroatoms. The summed E-state index contributed by atoms with van der Waals surface area (Å²) in [4.78, 5) is 11.5. The zero-order valence-electron chi connectivity index (χ0n) is 18.0. The van der Waals surface area contributed by atoms with Gasteiger partial charge in [-0.15, -0.1) is 5.10 Å². The molecule has 162 valence electrons. The Hall–Kier alpha value is -3.32. The summed E-state index contributed by atoms with van der Waals surface area (Å²) in [5.74, 6) is 1.40. The Morgan fingerprint density at radius 2 is 1.84 bits per heavy atom. The highest BCUT2D eigenvalue weighted by molar-refractivity contribution is 5.82. The van der Waals surface area contributed by atoms with Gasteiger partial charge in [-0.3, -0.25) is 4.98 Å². The number of hydrogen-bond donors (Lipinski definition) is 1. The molecule has 6 nitrogen and oxygen atoms in total. The molecule has 2 atom stereocenters. The molecule has 0 radical (unpaired) electrons. The maximum Gasteiger partial charge on any atom is 0.158 e. The molecule has 5 heterocycles. The predicted octanol–water partition coefficient (Wildman–Crippen LogP) is 4.09. The summed E-state index contributed by atoms with van der Waals surface area (Å²) < 4.78 is 15.5. The van der Waals surface area contributed by atoms with E-state index in [0.29, 0.717) is 12.0 Å². The Kier molecular flexibility index (Phi) is 4.64. The van der Waals surface area contributed by atoms with E-state index in [4.69, 9.17) is 10.1 Å². The van der Waals surface area contributed by atoms with E-state index in [1.54, 1.807) is 24.5 Å². The number of pyridine rings is 1. The molecule has 3 aromatic heterocycles. The lowest BCUT2D eigenvalue weighted by atomic mass is 9.94. The topological polar surface area (TPSA) is 58.4 Å². The van der Waals surface area contributed by atoms with Crippen LogP contribution in [0.1, 0.15) is 18.4 Å². The van der Waals surface area contributed by atoms with E-state index < -0.39 is 0 Å². The maximum absolute atomic E-state index is 13.6. The van der Waals surface area contributed by atoms with Gasteiger partial charge in [-0.2, -0.15) is 0 Å². The van der Waals surface area contributed by atoms with E-state index in [2.05, 4.69) is 28.2 Å². The van der Waals surface area contributed by atoms with Crippen LogP contribution >= 0.6 is 0 Å². The van der Waals surface area contributed by atoms with Crippen molar-refractivity contribution in [3.05, 3.63) is 66.2 Å². The Bertz CT molecular complexity index is 1250. The summed E-state index contributed by atoms with van der Waals surface area (Å²) in [7, 11) is 0. The van der Waals surface area contributed by atoms with Crippen molar-refractivity contribution in [3.8, 4) is 22.5 Å². The Labute approximate surface area is 186 Å². The second-order valence-electron chi connectivity index (χ2n) is 8.84. The van der Waals surface area contributed by atoms with Crippen molar-refractivity contribution in [2.45, 2.75) is 25.8 Å². The quantitative estimate of drug-likeness (QED) is 0.533. The SMILES string of the molecule is Cc1cc(N2C[C@@H]3CCCN[C@@H]3C2)nn2c(-c3ccncc3)c(-c3ccc(F)cc3)nc12.